The third kappa shape index (κ3) is 2.85. The van der Waals surface area contributed by atoms with Crippen molar-refractivity contribution in [2.24, 2.45) is 22.7 Å². The van der Waals surface area contributed by atoms with Gasteiger partial charge in [0.15, 0.2) is 0 Å². The van der Waals surface area contributed by atoms with E-state index in [0.717, 1.165) is 25.2 Å². The minimum absolute atomic E-state index is 0.103. The van der Waals surface area contributed by atoms with E-state index in [1.807, 2.05) is 18.5 Å². The summed E-state index contributed by atoms with van der Waals surface area (Å²) >= 11 is 0. The lowest BCUT2D eigenvalue weighted by molar-refractivity contribution is -0.119. The summed E-state index contributed by atoms with van der Waals surface area (Å²) in [7, 11) is 0. The maximum Gasteiger partial charge on any atom is 0.217 e. The van der Waals surface area contributed by atoms with Gasteiger partial charge in [-0.2, -0.15) is 0 Å². The normalized spacial score (nSPS) is 38.0. The van der Waals surface area contributed by atoms with Crippen molar-refractivity contribution in [1.82, 2.24) is 10.3 Å². The highest BCUT2D eigenvalue weighted by Crippen LogP contribution is 2.64. The Morgan fingerprint density at radius 3 is 2.83 bits per heavy atom. The van der Waals surface area contributed by atoms with Gasteiger partial charge in [-0.25, -0.2) is 0 Å². The molecule has 0 spiro atoms. The van der Waals surface area contributed by atoms with E-state index in [1.54, 1.807) is 18.1 Å². The van der Waals surface area contributed by atoms with Crippen molar-refractivity contribution in [3.05, 3.63) is 59.5 Å². The van der Waals surface area contributed by atoms with Gasteiger partial charge < -0.3 is 5.32 Å². The molecule has 1 aromatic rings. The molecule has 0 radical (unpaired) electrons. The zero-order chi connectivity index (χ0) is 20.2. The Kier molecular flexibility index (Phi) is 4.34. The van der Waals surface area contributed by atoms with Gasteiger partial charge in [0.1, 0.15) is 0 Å². The second kappa shape index (κ2) is 6.68. The Morgan fingerprint density at radius 2 is 2.07 bits per heavy atom. The molecular formula is C26H32N2O. The Hall–Kier alpha value is -2.16. The summed E-state index contributed by atoms with van der Waals surface area (Å²) in [6, 6.07) is 4.57. The third-order valence-corrected chi connectivity index (χ3v) is 8.53. The maximum atomic E-state index is 11.5. The number of aromatic nitrogens is 1. The number of nitrogens with zero attached hydrogens (tertiary/aromatic N) is 1. The molecule has 4 aliphatic carbocycles. The summed E-state index contributed by atoms with van der Waals surface area (Å²) in [6.07, 6.45) is 18.2. The molecule has 5 atom stereocenters. The van der Waals surface area contributed by atoms with Crippen LogP contribution in [-0.4, -0.2) is 16.9 Å². The van der Waals surface area contributed by atoms with Crippen molar-refractivity contribution in [1.29, 1.82) is 0 Å². The minimum Gasteiger partial charge on any atom is -0.353 e. The van der Waals surface area contributed by atoms with Crippen LogP contribution in [0, 0.1) is 22.7 Å². The van der Waals surface area contributed by atoms with Gasteiger partial charge in [0.05, 0.1) is 0 Å². The second-order valence-electron chi connectivity index (χ2n) is 10.1. The number of carbonyl (C=O) groups excluding carboxylic acids is 1. The minimum atomic E-state index is 0.103. The van der Waals surface area contributed by atoms with Crippen LogP contribution in [0.4, 0.5) is 0 Å². The molecule has 1 aromatic heterocycles. The molecule has 2 fully saturated rings. The first kappa shape index (κ1) is 18.8. The molecular weight excluding hydrogens is 356 g/mol. The predicted octanol–water partition coefficient (Wildman–Crippen LogP) is 5.46. The standard InChI is InChI=1S/C26H32N2O/c1-17(29)28-20-10-12-25(2)19(15-20)6-7-21-23-9-8-22(18-5-4-14-27-16-18)26(23,3)13-11-24(21)25/h4-6,8-9,14,16,20-21,24H,7,10-13,15H2,1-3H3,(H,28,29)/t20-,21?,24?,25+,26-/m1/s1. The van der Waals surface area contributed by atoms with Gasteiger partial charge in [0, 0.05) is 30.8 Å². The first-order chi connectivity index (χ1) is 13.9. The smallest absolute Gasteiger partial charge is 0.217 e. The number of hydrogen-bond acceptors (Lipinski definition) is 2. The van der Waals surface area contributed by atoms with Crippen molar-refractivity contribution in [3.8, 4) is 0 Å². The first-order valence-electron chi connectivity index (χ1n) is 11.2. The van der Waals surface area contributed by atoms with Crippen LogP contribution in [0.2, 0.25) is 0 Å². The molecule has 0 aromatic carbocycles. The summed E-state index contributed by atoms with van der Waals surface area (Å²) in [5.41, 5.74) is 6.41. The van der Waals surface area contributed by atoms with E-state index in [9.17, 15) is 4.79 Å². The molecule has 1 heterocycles. The molecule has 4 aliphatic rings. The van der Waals surface area contributed by atoms with E-state index in [1.165, 1.54) is 30.4 Å². The van der Waals surface area contributed by atoms with E-state index < -0.39 is 0 Å². The fraction of sp³-hybridized carbons (Fsp3) is 0.538. The molecule has 2 unspecified atom stereocenters. The fourth-order valence-corrected chi connectivity index (χ4v) is 7.02. The van der Waals surface area contributed by atoms with Crippen LogP contribution in [0.25, 0.3) is 5.57 Å². The van der Waals surface area contributed by atoms with E-state index in [-0.39, 0.29) is 16.7 Å². The van der Waals surface area contributed by atoms with Gasteiger partial charge >= 0.3 is 0 Å². The average Bonchev–Trinajstić information content (AvgIpc) is 3.06. The average molecular weight is 389 g/mol. The lowest BCUT2D eigenvalue weighted by Gasteiger charge is -2.56. The lowest BCUT2D eigenvalue weighted by atomic mass is 9.49. The van der Waals surface area contributed by atoms with Crippen LogP contribution in [0.15, 0.2) is 53.9 Å². The second-order valence-corrected chi connectivity index (χ2v) is 10.1. The summed E-state index contributed by atoms with van der Waals surface area (Å²) in [4.78, 5) is 15.9. The van der Waals surface area contributed by atoms with Crippen LogP contribution < -0.4 is 5.32 Å². The number of fused-ring (bicyclic) bond motifs is 5. The van der Waals surface area contributed by atoms with E-state index in [4.69, 9.17) is 0 Å². The van der Waals surface area contributed by atoms with Crippen LogP contribution in [0.1, 0.15) is 64.9 Å². The molecule has 1 N–H and O–H groups in total. The quantitative estimate of drug-likeness (QED) is 0.683. The number of amides is 1. The molecule has 1 amide bonds. The maximum absolute atomic E-state index is 11.5. The Balaban J connectivity index is 1.42. The van der Waals surface area contributed by atoms with Crippen molar-refractivity contribution < 1.29 is 4.79 Å². The summed E-state index contributed by atoms with van der Waals surface area (Å²) in [5.74, 6) is 1.47. The topological polar surface area (TPSA) is 42.0 Å². The van der Waals surface area contributed by atoms with Gasteiger partial charge in [-0.05, 0) is 73.0 Å². The summed E-state index contributed by atoms with van der Waals surface area (Å²) in [6.45, 7) is 6.60. The Bertz CT molecular complexity index is 927. The molecule has 0 saturated heterocycles. The van der Waals surface area contributed by atoms with Crippen LogP contribution >= 0.6 is 0 Å². The van der Waals surface area contributed by atoms with Crippen molar-refractivity contribution in [2.75, 3.05) is 0 Å². The highest BCUT2D eigenvalue weighted by Gasteiger charge is 2.54. The number of nitrogens with one attached hydrogen (secondary N) is 1. The Labute approximate surface area is 174 Å². The van der Waals surface area contributed by atoms with Gasteiger partial charge in [-0.1, -0.05) is 49.3 Å². The summed E-state index contributed by atoms with van der Waals surface area (Å²) < 4.78 is 0. The van der Waals surface area contributed by atoms with Crippen molar-refractivity contribution in [3.63, 3.8) is 0 Å². The number of rotatable bonds is 2. The molecule has 152 valence electrons. The van der Waals surface area contributed by atoms with Crippen molar-refractivity contribution in [2.45, 2.75) is 65.3 Å². The molecule has 5 rings (SSSR count). The van der Waals surface area contributed by atoms with Crippen LogP contribution in [0.5, 0.6) is 0 Å². The fourth-order valence-electron chi connectivity index (χ4n) is 7.02. The number of pyridine rings is 1. The van der Waals surface area contributed by atoms with Gasteiger partial charge in [0.2, 0.25) is 5.91 Å². The van der Waals surface area contributed by atoms with Crippen molar-refractivity contribution >= 4 is 11.5 Å². The van der Waals surface area contributed by atoms with Gasteiger partial charge in [0.25, 0.3) is 0 Å². The van der Waals surface area contributed by atoms with Crippen LogP contribution in [-0.2, 0) is 4.79 Å². The molecule has 0 bridgehead atoms. The van der Waals surface area contributed by atoms with E-state index in [0.29, 0.717) is 12.0 Å². The van der Waals surface area contributed by atoms with Gasteiger partial charge in [-0.3, -0.25) is 9.78 Å². The Morgan fingerprint density at radius 1 is 1.21 bits per heavy atom. The largest absolute Gasteiger partial charge is 0.353 e. The molecule has 3 nitrogen and oxygen atoms in total. The molecule has 0 aliphatic heterocycles. The van der Waals surface area contributed by atoms with Crippen LogP contribution in [0.3, 0.4) is 0 Å². The number of hydrogen-bond donors (Lipinski definition) is 1. The van der Waals surface area contributed by atoms with E-state index in [2.05, 4.69) is 48.4 Å². The zero-order valence-electron chi connectivity index (χ0n) is 17.9. The van der Waals surface area contributed by atoms with E-state index >= 15 is 0 Å². The lowest BCUT2D eigenvalue weighted by Crippen LogP contribution is -2.49. The number of carbonyl (C=O) groups is 1. The number of allylic oxidation sites excluding steroid dienone is 5. The first-order valence-corrected chi connectivity index (χ1v) is 11.2. The van der Waals surface area contributed by atoms with Gasteiger partial charge in [-0.15, -0.1) is 0 Å². The zero-order valence-corrected chi connectivity index (χ0v) is 17.9. The molecule has 29 heavy (non-hydrogen) atoms. The third-order valence-electron chi connectivity index (χ3n) is 8.53. The molecule has 3 heteroatoms. The highest BCUT2D eigenvalue weighted by molar-refractivity contribution is 5.78. The monoisotopic (exact) mass is 388 g/mol. The summed E-state index contributed by atoms with van der Waals surface area (Å²) in [5, 5.41) is 3.17. The SMILES string of the molecule is CC(=O)N[C@@H]1CC[C@@]2(C)C(=CCC3C4=CC=C(c5cccnc5)[C@@]4(C)CCC32)C1. The molecule has 2 saturated carbocycles. The predicted molar refractivity (Wildman–Crippen MR) is 117 cm³/mol. The highest BCUT2D eigenvalue weighted by atomic mass is 16.1.